The zero-order chi connectivity index (χ0) is 15.8. The largest absolute Gasteiger partial charge is 0.455 e. The lowest BCUT2D eigenvalue weighted by molar-refractivity contribution is 0.0589. The van der Waals surface area contributed by atoms with Crippen molar-refractivity contribution in [3.05, 3.63) is 23.7 Å². The van der Waals surface area contributed by atoms with Gasteiger partial charge in [0.05, 0.1) is 12.4 Å². The third-order valence-electron chi connectivity index (χ3n) is 3.21. The Hall–Kier alpha value is -1.08. The molecule has 0 aromatic carbocycles. The van der Waals surface area contributed by atoms with Crippen LogP contribution in [0.5, 0.6) is 0 Å². The van der Waals surface area contributed by atoms with E-state index >= 15 is 0 Å². The van der Waals surface area contributed by atoms with Gasteiger partial charge >= 0.3 is 0 Å². The van der Waals surface area contributed by atoms with Gasteiger partial charge in [0.15, 0.2) is 5.76 Å². The average Bonchev–Trinajstić information content (AvgIpc) is 2.93. The van der Waals surface area contributed by atoms with Crippen LogP contribution in [0.15, 0.2) is 16.5 Å². The van der Waals surface area contributed by atoms with E-state index in [9.17, 15) is 13.6 Å². The van der Waals surface area contributed by atoms with Crippen molar-refractivity contribution < 1.29 is 23.1 Å². The third kappa shape index (κ3) is 5.32. The molecule has 0 aliphatic carbocycles. The Morgan fingerprint density at radius 1 is 1.38 bits per heavy atom. The number of alkyl halides is 2. The molecule has 4 nitrogen and oxygen atoms in total. The summed E-state index contributed by atoms with van der Waals surface area (Å²) in [6, 6.07) is 3.05. The number of hydrogen-bond donors (Lipinski definition) is 1. The van der Waals surface area contributed by atoms with E-state index in [1.54, 1.807) is 4.90 Å². The smallest absolute Gasteiger partial charge is 0.289 e. The van der Waals surface area contributed by atoms with Gasteiger partial charge in [0.2, 0.25) is 0 Å². The summed E-state index contributed by atoms with van der Waals surface area (Å²) in [6.07, 6.45) is 1.55. The fourth-order valence-electron chi connectivity index (χ4n) is 2.14. The molecular weight excluding hydrogens is 300 g/mol. The highest BCUT2D eigenvalue weighted by atomic mass is 32.2. The maximum absolute atomic E-state index is 12.4. The van der Waals surface area contributed by atoms with E-state index in [0.29, 0.717) is 17.5 Å². The first-order valence-corrected chi connectivity index (χ1v) is 7.98. The summed E-state index contributed by atoms with van der Waals surface area (Å²) >= 11 is 0.451. The molecule has 7 heteroatoms. The fraction of sp³-hybridized carbons (Fsp3) is 0.643. The molecule has 1 heterocycles. The number of hydrogen-bond acceptors (Lipinski definition) is 4. The maximum Gasteiger partial charge on any atom is 0.289 e. The molecule has 21 heavy (non-hydrogen) atoms. The molecule has 1 amide bonds. The van der Waals surface area contributed by atoms with E-state index in [2.05, 4.69) is 0 Å². The number of thioether (sulfide) groups is 1. The summed E-state index contributed by atoms with van der Waals surface area (Å²) in [5.41, 5.74) is 0. The van der Waals surface area contributed by atoms with Crippen LogP contribution < -0.4 is 0 Å². The molecule has 1 aromatic rings. The molecule has 0 saturated carbocycles. The molecule has 0 spiro atoms. The van der Waals surface area contributed by atoms with E-state index in [1.807, 2.05) is 13.8 Å². The zero-order valence-electron chi connectivity index (χ0n) is 12.2. The highest BCUT2D eigenvalue weighted by Crippen LogP contribution is 2.22. The maximum atomic E-state index is 12.4. The molecule has 0 fully saturated rings. The van der Waals surface area contributed by atoms with Gasteiger partial charge < -0.3 is 14.4 Å². The summed E-state index contributed by atoms with van der Waals surface area (Å²) in [7, 11) is 0. The number of halogens is 2. The van der Waals surface area contributed by atoms with E-state index in [4.69, 9.17) is 9.52 Å². The first-order chi connectivity index (χ1) is 10.0. The molecular formula is C14H21F2NO3S. The number of nitrogens with zero attached hydrogens (tertiary/aromatic N) is 1. The van der Waals surface area contributed by atoms with E-state index in [-0.39, 0.29) is 36.6 Å². The van der Waals surface area contributed by atoms with Crippen LogP contribution >= 0.6 is 11.8 Å². The second kappa shape index (κ2) is 9.04. The lowest BCUT2D eigenvalue weighted by atomic mass is 10.1. The number of carbonyl (C=O) groups excluding carboxylic acids is 1. The van der Waals surface area contributed by atoms with Crippen molar-refractivity contribution in [2.45, 2.75) is 44.2 Å². The summed E-state index contributed by atoms with van der Waals surface area (Å²) in [5, 5.41) is 9.11. The van der Waals surface area contributed by atoms with Crippen molar-refractivity contribution >= 4 is 17.7 Å². The first-order valence-electron chi connectivity index (χ1n) is 6.93. The fourth-order valence-corrected chi connectivity index (χ4v) is 2.59. The standard InChI is InChI=1S/C14H21F2NO3S/c1-3-10(4-2)17(7-8-18)13(19)12-6-5-11(20-12)9-21-14(15)16/h5-6,10,14,18H,3-4,7-9H2,1-2H3. The zero-order valence-corrected chi connectivity index (χ0v) is 13.0. The molecule has 0 radical (unpaired) electrons. The topological polar surface area (TPSA) is 53.7 Å². The molecule has 1 N–H and O–H groups in total. The summed E-state index contributed by atoms with van der Waals surface area (Å²) in [4.78, 5) is 14.0. The molecule has 0 bridgehead atoms. The van der Waals surface area contributed by atoms with Gasteiger partial charge in [0, 0.05) is 12.6 Å². The van der Waals surface area contributed by atoms with Gasteiger partial charge in [-0.2, -0.15) is 8.78 Å². The minimum absolute atomic E-state index is 0.0219. The van der Waals surface area contributed by atoms with E-state index < -0.39 is 5.76 Å². The number of aliphatic hydroxyl groups is 1. The Morgan fingerprint density at radius 2 is 2.05 bits per heavy atom. The van der Waals surface area contributed by atoms with Crippen LogP contribution in [0.2, 0.25) is 0 Å². The van der Waals surface area contributed by atoms with Gasteiger partial charge in [0.1, 0.15) is 5.76 Å². The Balaban J connectivity index is 2.79. The number of rotatable bonds is 9. The predicted octanol–water partition coefficient (Wildman–Crippen LogP) is 3.36. The lowest BCUT2D eigenvalue weighted by Gasteiger charge is -2.29. The number of amides is 1. The van der Waals surface area contributed by atoms with Crippen LogP contribution in [0.4, 0.5) is 8.78 Å². The van der Waals surface area contributed by atoms with E-state index in [0.717, 1.165) is 12.8 Å². The summed E-state index contributed by atoms with van der Waals surface area (Å²) < 4.78 is 29.6. The summed E-state index contributed by atoms with van der Waals surface area (Å²) in [5.74, 6) is -2.29. The van der Waals surface area contributed by atoms with Gasteiger partial charge in [-0.15, -0.1) is 0 Å². The van der Waals surface area contributed by atoms with Crippen LogP contribution in [0.1, 0.15) is 43.0 Å². The number of furan rings is 1. The third-order valence-corrected chi connectivity index (χ3v) is 3.91. The molecule has 1 rings (SSSR count). The van der Waals surface area contributed by atoms with E-state index in [1.165, 1.54) is 12.1 Å². The second-order valence-corrected chi connectivity index (χ2v) is 5.51. The monoisotopic (exact) mass is 321 g/mol. The van der Waals surface area contributed by atoms with Gasteiger partial charge in [-0.05, 0) is 25.0 Å². The minimum atomic E-state index is -2.47. The Labute approximate surface area is 127 Å². The average molecular weight is 321 g/mol. The van der Waals surface area contributed by atoms with Crippen LogP contribution in [-0.4, -0.2) is 40.9 Å². The molecule has 120 valence electrons. The minimum Gasteiger partial charge on any atom is -0.455 e. The van der Waals surface area contributed by atoms with Crippen molar-refractivity contribution in [3.63, 3.8) is 0 Å². The normalized spacial score (nSPS) is 11.4. The van der Waals surface area contributed by atoms with Gasteiger partial charge in [-0.25, -0.2) is 0 Å². The molecule has 0 aliphatic rings. The highest BCUT2D eigenvalue weighted by molar-refractivity contribution is 7.98. The van der Waals surface area contributed by atoms with Crippen molar-refractivity contribution in [2.24, 2.45) is 0 Å². The number of carbonyl (C=O) groups is 1. The molecule has 0 saturated heterocycles. The van der Waals surface area contributed by atoms with Crippen LogP contribution in [0.3, 0.4) is 0 Å². The SMILES string of the molecule is CCC(CC)N(CCO)C(=O)c1ccc(CSC(F)F)o1. The van der Waals surface area contributed by atoms with Crippen molar-refractivity contribution in [2.75, 3.05) is 13.2 Å². The predicted molar refractivity (Wildman–Crippen MR) is 78.5 cm³/mol. The Bertz CT molecular complexity index is 436. The van der Waals surface area contributed by atoms with Crippen molar-refractivity contribution in [1.82, 2.24) is 4.90 Å². The molecule has 0 unspecified atom stereocenters. The molecule has 1 aromatic heterocycles. The quantitative estimate of drug-likeness (QED) is 0.758. The van der Waals surface area contributed by atoms with Gasteiger partial charge in [-0.1, -0.05) is 25.6 Å². The van der Waals surface area contributed by atoms with Crippen LogP contribution in [0.25, 0.3) is 0 Å². The Morgan fingerprint density at radius 3 is 2.57 bits per heavy atom. The molecule has 0 aliphatic heterocycles. The Kier molecular flexibility index (Phi) is 7.74. The van der Waals surface area contributed by atoms with Crippen molar-refractivity contribution in [1.29, 1.82) is 0 Å². The first kappa shape index (κ1) is 18.0. The second-order valence-electron chi connectivity index (χ2n) is 4.53. The summed E-state index contributed by atoms with van der Waals surface area (Å²) in [6.45, 7) is 4.04. The number of aliphatic hydroxyl groups excluding tert-OH is 1. The van der Waals surface area contributed by atoms with Crippen LogP contribution in [0, 0.1) is 0 Å². The lowest BCUT2D eigenvalue weighted by Crippen LogP contribution is -2.41. The van der Waals surface area contributed by atoms with Crippen LogP contribution in [-0.2, 0) is 5.75 Å². The highest BCUT2D eigenvalue weighted by Gasteiger charge is 2.24. The van der Waals surface area contributed by atoms with Crippen molar-refractivity contribution in [3.8, 4) is 0 Å². The van der Waals surface area contributed by atoms with Gasteiger partial charge in [-0.3, -0.25) is 4.79 Å². The van der Waals surface area contributed by atoms with Gasteiger partial charge in [0.25, 0.3) is 11.7 Å². The molecule has 0 atom stereocenters.